The molecule has 1 aliphatic heterocycles. The van der Waals surface area contributed by atoms with Crippen LogP contribution in [0.1, 0.15) is 44.1 Å². The third-order valence-corrected chi connectivity index (χ3v) is 7.02. The van der Waals surface area contributed by atoms with E-state index in [0.717, 1.165) is 30.4 Å². The van der Waals surface area contributed by atoms with Gasteiger partial charge >= 0.3 is 5.97 Å². The first-order valence-electron chi connectivity index (χ1n) is 8.67. The van der Waals surface area contributed by atoms with E-state index in [1.54, 1.807) is 0 Å². The van der Waals surface area contributed by atoms with Crippen LogP contribution in [0.3, 0.4) is 0 Å². The molecule has 0 radical (unpaired) electrons. The van der Waals surface area contributed by atoms with Crippen molar-refractivity contribution in [1.82, 2.24) is 0 Å². The molecule has 1 aromatic carbocycles. The lowest BCUT2D eigenvalue weighted by Gasteiger charge is -2.18. The summed E-state index contributed by atoms with van der Waals surface area (Å²) in [5.74, 6) is 6.15. The summed E-state index contributed by atoms with van der Waals surface area (Å²) in [6.07, 6.45) is 6.03. The van der Waals surface area contributed by atoms with Crippen LogP contribution in [-0.2, 0) is 10.5 Å². The van der Waals surface area contributed by atoms with Gasteiger partial charge in [-0.05, 0) is 47.5 Å². The van der Waals surface area contributed by atoms with E-state index in [0.29, 0.717) is 6.42 Å². The van der Waals surface area contributed by atoms with Gasteiger partial charge in [0.25, 0.3) is 0 Å². The molecule has 1 aliphatic rings. The molecule has 1 N–H and O–H groups in total. The predicted molar refractivity (Wildman–Crippen MR) is 102 cm³/mol. The van der Waals surface area contributed by atoms with Crippen LogP contribution in [0.15, 0.2) is 30.3 Å². The second-order valence-electron chi connectivity index (χ2n) is 6.40. The molecule has 2 nitrogen and oxygen atoms in total. The van der Waals surface area contributed by atoms with Gasteiger partial charge in [-0.15, -0.1) is 0 Å². The predicted octanol–water partition coefficient (Wildman–Crippen LogP) is 5.32. The van der Waals surface area contributed by atoms with Crippen molar-refractivity contribution in [3.05, 3.63) is 35.9 Å². The summed E-state index contributed by atoms with van der Waals surface area (Å²) in [4.78, 5) is 10.5. The van der Waals surface area contributed by atoms with Gasteiger partial charge in [-0.25, -0.2) is 0 Å². The standard InChI is InChI=1S/C19H28O2S2/c20-19(21)11-7-2-1-6-10-17-13-23-15-18(17)14-22-12-16-8-4-3-5-9-16/h3-5,8-9,17-18H,1-2,6-7,10-15H2,(H,20,21)/t17-,18+/m0/s1. The molecule has 0 spiro atoms. The average molecular weight is 353 g/mol. The van der Waals surface area contributed by atoms with Gasteiger partial charge in [0, 0.05) is 12.2 Å². The summed E-state index contributed by atoms with van der Waals surface area (Å²) in [5, 5.41) is 8.64. The Morgan fingerprint density at radius 1 is 1.09 bits per heavy atom. The zero-order chi connectivity index (χ0) is 16.3. The molecule has 1 saturated heterocycles. The molecular formula is C19H28O2S2. The molecule has 0 amide bonds. The van der Waals surface area contributed by atoms with Gasteiger partial charge in [-0.2, -0.15) is 23.5 Å². The Labute approximate surface area is 148 Å². The summed E-state index contributed by atoms with van der Waals surface area (Å²) in [5.41, 5.74) is 1.43. The SMILES string of the molecule is O=C(O)CCCCCC[C@H]1CSC[C@H]1CSCc1ccccc1. The molecule has 4 heteroatoms. The first-order valence-corrected chi connectivity index (χ1v) is 11.0. The van der Waals surface area contributed by atoms with Gasteiger partial charge in [0.05, 0.1) is 0 Å². The largest absolute Gasteiger partial charge is 0.481 e. The average Bonchev–Trinajstić information content (AvgIpc) is 2.99. The van der Waals surface area contributed by atoms with Crippen LogP contribution in [0.25, 0.3) is 0 Å². The lowest BCUT2D eigenvalue weighted by molar-refractivity contribution is -0.137. The number of carbonyl (C=O) groups is 1. The van der Waals surface area contributed by atoms with Crippen molar-refractivity contribution in [3.8, 4) is 0 Å². The molecule has 128 valence electrons. The quantitative estimate of drug-likeness (QED) is 0.547. The van der Waals surface area contributed by atoms with E-state index in [9.17, 15) is 4.79 Å². The zero-order valence-corrected chi connectivity index (χ0v) is 15.4. The second-order valence-corrected chi connectivity index (χ2v) is 8.51. The maximum atomic E-state index is 10.5. The van der Waals surface area contributed by atoms with Crippen molar-refractivity contribution in [1.29, 1.82) is 0 Å². The molecule has 1 aromatic rings. The molecule has 2 atom stereocenters. The lowest BCUT2D eigenvalue weighted by atomic mass is 9.92. The molecule has 1 heterocycles. The third kappa shape index (κ3) is 7.67. The monoisotopic (exact) mass is 352 g/mol. The number of unbranched alkanes of at least 4 members (excludes halogenated alkanes) is 3. The van der Waals surface area contributed by atoms with E-state index in [1.807, 2.05) is 0 Å². The minimum absolute atomic E-state index is 0.331. The van der Waals surface area contributed by atoms with Gasteiger partial charge in [0.1, 0.15) is 0 Å². The topological polar surface area (TPSA) is 37.3 Å². The fraction of sp³-hybridized carbons (Fsp3) is 0.632. The minimum atomic E-state index is -0.660. The molecule has 23 heavy (non-hydrogen) atoms. The lowest BCUT2D eigenvalue weighted by Crippen LogP contribution is -2.15. The Hall–Kier alpha value is -0.610. The Kier molecular flexibility index (Phi) is 8.98. The number of thioether (sulfide) groups is 2. The first-order chi connectivity index (χ1) is 11.3. The van der Waals surface area contributed by atoms with E-state index < -0.39 is 5.97 Å². The van der Waals surface area contributed by atoms with Crippen LogP contribution in [-0.4, -0.2) is 28.3 Å². The third-order valence-electron chi connectivity index (χ3n) is 4.49. The van der Waals surface area contributed by atoms with Gasteiger partial charge < -0.3 is 5.11 Å². The Bertz CT molecular complexity index is 450. The normalized spacial score (nSPS) is 20.7. The highest BCUT2D eigenvalue weighted by molar-refractivity contribution is 8.00. The fourth-order valence-corrected chi connectivity index (χ4v) is 6.04. The summed E-state index contributed by atoms with van der Waals surface area (Å²) in [6.45, 7) is 0. The van der Waals surface area contributed by atoms with Crippen LogP contribution in [0, 0.1) is 11.8 Å². The number of carboxylic acid groups (broad SMARTS) is 1. The first kappa shape index (κ1) is 18.7. The van der Waals surface area contributed by atoms with Crippen molar-refractivity contribution < 1.29 is 9.90 Å². The van der Waals surface area contributed by atoms with Crippen LogP contribution >= 0.6 is 23.5 Å². The maximum absolute atomic E-state index is 10.5. The summed E-state index contributed by atoms with van der Waals surface area (Å²) >= 11 is 4.20. The van der Waals surface area contributed by atoms with E-state index >= 15 is 0 Å². The van der Waals surface area contributed by atoms with E-state index in [-0.39, 0.29) is 0 Å². The Morgan fingerprint density at radius 2 is 1.83 bits per heavy atom. The zero-order valence-electron chi connectivity index (χ0n) is 13.8. The molecule has 0 saturated carbocycles. The van der Waals surface area contributed by atoms with Crippen molar-refractivity contribution >= 4 is 29.5 Å². The molecule has 0 bridgehead atoms. The van der Waals surface area contributed by atoms with Crippen molar-refractivity contribution in [3.63, 3.8) is 0 Å². The van der Waals surface area contributed by atoms with Crippen LogP contribution < -0.4 is 0 Å². The molecule has 2 rings (SSSR count). The number of hydrogen-bond acceptors (Lipinski definition) is 3. The highest BCUT2D eigenvalue weighted by Crippen LogP contribution is 2.36. The van der Waals surface area contributed by atoms with Crippen LogP contribution in [0.4, 0.5) is 0 Å². The van der Waals surface area contributed by atoms with Crippen molar-refractivity contribution in [2.45, 2.75) is 44.3 Å². The number of rotatable bonds is 11. The molecular weight excluding hydrogens is 324 g/mol. The van der Waals surface area contributed by atoms with E-state index in [4.69, 9.17) is 5.11 Å². The van der Waals surface area contributed by atoms with E-state index in [1.165, 1.54) is 42.1 Å². The van der Waals surface area contributed by atoms with Gasteiger partial charge in [0.15, 0.2) is 0 Å². The highest BCUT2D eigenvalue weighted by atomic mass is 32.2. The number of aliphatic carboxylic acids is 1. The molecule has 0 aromatic heterocycles. The maximum Gasteiger partial charge on any atom is 0.303 e. The second kappa shape index (κ2) is 11.0. The number of carboxylic acids is 1. The Morgan fingerprint density at radius 3 is 2.61 bits per heavy atom. The smallest absolute Gasteiger partial charge is 0.303 e. The van der Waals surface area contributed by atoms with Gasteiger partial charge in [-0.1, -0.05) is 49.6 Å². The molecule has 0 unspecified atom stereocenters. The fourth-order valence-electron chi connectivity index (χ4n) is 3.08. The molecule has 1 fully saturated rings. The minimum Gasteiger partial charge on any atom is -0.481 e. The highest BCUT2D eigenvalue weighted by Gasteiger charge is 2.26. The number of benzene rings is 1. The van der Waals surface area contributed by atoms with Crippen molar-refractivity contribution in [2.75, 3.05) is 17.3 Å². The van der Waals surface area contributed by atoms with Gasteiger partial charge in [0.2, 0.25) is 0 Å². The Balaban J connectivity index is 1.56. The van der Waals surface area contributed by atoms with E-state index in [2.05, 4.69) is 53.9 Å². The summed E-state index contributed by atoms with van der Waals surface area (Å²) in [7, 11) is 0. The number of hydrogen-bond donors (Lipinski definition) is 1. The van der Waals surface area contributed by atoms with Gasteiger partial charge in [-0.3, -0.25) is 4.79 Å². The van der Waals surface area contributed by atoms with Crippen LogP contribution in [0.5, 0.6) is 0 Å². The summed E-state index contributed by atoms with van der Waals surface area (Å²) in [6, 6.07) is 10.7. The van der Waals surface area contributed by atoms with Crippen molar-refractivity contribution in [2.24, 2.45) is 11.8 Å². The van der Waals surface area contributed by atoms with Crippen LogP contribution in [0.2, 0.25) is 0 Å². The summed E-state index contributed by atoms with van der Waals surface area (Å²) < 4.78 is 0. The molecule has 0 aliphatic carbocycles.